The van der Waals surface area contributed by atoms with Crippen LogP contribution in [-0.2, 0) is 15.3 Å². The Morgan fingerprint density at radius 3 is 2.30 bits per heavy atom. The maximum atomic E-state index is 14.6. The maximum absolute atomic E-state index is 14.6. The van der Waals surface area contributed by atoms with Gasteiger partial charge >= 0.3 is 0 Å². The van der Waals surface area contributed by atoms with Crippen LogP contribution in [0.1, 0.15) is 37.7 Å². The van der Waals surface area contributed by atoms with Gasteiger partial charge in [-0.3, -0.25) is 0 Å². The van der Waals surface area contributed by atoms with Crippen molar-refractivity contribution in [2.24, 2.45) is 5.73 Å². The van der Waals surface area contributed by atoms with E-state index in [1.165, 1.54) is 6.07 Å². The third-order valence-electron chi connectivity index (χ3n) is 4.19. The highest BCUT2D eigenvalue weighted by Crippen LogP contribution is 2.41. The van der Waals surface area contributed by atoms with E-state index >= 15 is 0 Å². The van der Waals surface area contributed by atoms with E-state index in [0.29, 0.717) is 12.8 Å². The van der Waals surface area contributed by atoms with Crippen molar-refractivity contribution >= 4 is 9.84 Å². The molecule has 0 radical (unpaired) electrons. The summed E-state index contributed by atoms with van der Waals surface area (Å²) in [4.78, 5) is -0.839. The molecule has 1 aliphatic rings. The van der Waals surface area contributed by atoms with Gasteiger partial charge in [0.1, 0.15) is 16.5 Å². The molecule has 0 bridgehead atoms. The zero-order valence-electron chi connectivity index (χ0n) is 11.5. The van der Waals surface area contributed by atoms with E-state index in [9.17, 15) is 17.2 Å². The molecule has 2 N–H and O–H groups in total. The number of nitrogens with two attached hydrogens (primary N) is 1. The van der Waals surface area contributed by atoms with Crippen LogP contribution in [0.4, 0.5) is 8.78 Å². The van der Waals surface area contributed by atoms with E-state index in [2.05, 4.69) is 0 Å². The summed E-state index contributed by atoms with van der Waals surface area (Å²) in [7, 11) is -3.95. The molecule has 0 amide bonds. The van der Waals surface area contributed by atoms with E-state index in [1.807, 2.05) is 0 Å². The fraction of sp³-hybridized carbons (Fsp3) is 0.571. The van der Waals surface area contributed by atoms with Crippen molar-refractivity contribution in [1.82, 2.24) is 0 Å². The minimum atomic E-state index is -3.95. The number of benzene rings is 1. The molecule has 0 unspecified atom stereocenters. The topological polar surface area (TPSA) is 60.2 Å². The third-order valence-corrected chi connectivity index (χ3v) is 5.31. The molecule has 112 valence electrons. The van der Waals surface area contributed by atoms with Gasteiger partial charge in [-0.15, -0.1) is 0 Å². The second kappa shape index (κ2) is 5.41. The molecular formula is C14H19F2NO2S. The first-order chi connectivity index (χ1) is 9.32. The van der Waals surface area contributed by atoms with Gasteiger partial charge in [0.25, 0.3) is 0 Å². The van der Waals surface area contributed by atoms with Gasteiger partial charge in [0.05, 0.1) is 0 Å². The van der Waals surface area contributed by atoms with Gasteiger partial charge in [-0.1, -0.05) is 25.3 Å². The van der Waals surface area contributed by atoms with Gasteiger partial charge < -0.3 is 5.73 Å². The van der Waals surface area contributed by atoms with Crippen molar-refractivity contribution in [3.05, 3.63) is 29.3 Å². The van der Waals surface area contributed by atoms with Crippen molar-refractivity contribution in [3.63, 3.8) is 0 Å². The number of hydrogen-bond acceptors (Lipinski definition) is 3. The summed E-state index contributed by atoms with van der Waals surface area (Å²) in [6, 6.07) is 2.37. The van der Waals surface area contributed by atoms with Crippen LogP contribution in [0.3, 0.4) is 0 Å². The average Bonchev–Trinajstić information content (AvgIpc) is 2.38. The average molecular weight is 303 g/mol. The molecule has 6 heteroatoms. The van der Waals surface area contributed by atoms with Crippen LogP contribution < -0.4 is 5.73 Å². The lowest BCUT2D eigenvalue weighted by molar-refractivity contribution is 0.288. The highest BCUT2D eigenvalue weighted by molar-refractivity contribution is 7.90. The molecule has 3 nitrogen and oxygen atoms in total. The molecule has 1 aromatic carbocycles. The number of rotatable bonds is 3. The fourth-order valence-electron chi connectivity index (χ4n) is 3.09. The van der Waals surface area contributed by atoms with Crippen molar-refractivity contribution in [2.45, 2.75) is 42.4 Å². The molecule has 2 rings (SSSR count). The number of sulfone groups is 1. The van der Waals surface area contributed by atoms with Crippen molar-refractivity contribution in [2.75, 3.05) is 12.8 Å². The molecule has 0 saturated heterocycles. The van der Waals surface area contributed by atoms with Crippen LogP contribution in [0.2, 0.25) is 0 Å². The van der Waals surface area contributed by atoms with Crippen LogP contribution >= 0.6 is 0 Å². The molecule has 20 heavy (non-hydrogen) atoms. The monoisotopic (exact) mass is 303 g/mol. The molecule has 0 atom stereocenters. The lowest BCUT2D eigenvalue weighted by Crippen LogP contribution is -2.38. The second-order valence-corrected chi connectivity index (χ2v) is 7.51. The Balaban J connectivity index is 2.64. The summed E-state index contributed by atoms with van der Waals surface area (Å²) in [6.45, 7) is 0.235. The van der Waals surface area contributed by atoms with E-state index in [-0.39, 0.29) is 12.1 Å². The minimum absolute atomic E-state index is 0.235. The van der Waals surface area contributed by atoms with Gasteiger partial charge in [0.2, 0.25) is 0 Å². The third kappa shape index (κ3) is 2.59. The first kappa shape index (κ1) is 15.4. The largest absolute Gasteiger partial charge is 0.330 e. The minimum Gasteiger partial charge on any atom is -0.330 e. The van der Waals surface area contributed by atoms with Crippen molar-refractivity contribution in [3.8, 4) is 0 Å². The van der Waals surface area contributed by atoms with Crippen LogP contribution in [-0.4, -0.2) is 21.2 Å². The Morgan fingerprint density at radius 1 is 1.20 bits per heavy atom. The van der Waals surface area contributed by atoms with E-state index in [0.717, 1.165) is 31.6 Å². The summed E-state index contributed by atoms with van der Waals surface area (Å²) in [5, 5.41) is 0. The summed E-state index contributed by atoms with van der Waals surface area (Å²) < 4.78 is 51.4. The highest BCUT2D eigenvalue weighted by Gasteiger charge is 2.37. The lowest BCUT2D eigenvalue weighted by Gasteiger charge is -2.37. The molecule has 0 spiro atoms. The fourth-order valence-corrected chi connectivity index (χ4v) is 3.95. The molecule has 1 aliphatic carbocycles. The van der Waals surface area contributed by atoms with Gasteiger partial charge in [0, 0.05) is 18.2 Å². The summed E-state index contributed by atoms with van der Waals surface area (Å²) in [6.07, 6.45) is 5.12. The lowest BCUT2D eigenvalue weighted by atomic mass is 9.69. The smallest absolute Gasteiger partial charge is 0.181 e. The van der Waals surface area contributed by atoms with Crippen molar-refractivity contribution in [1.29, 1.82) is 0 Å². The molecule has 1 saturated carbocycles. The van der Waals surface area contributed by atoms with Gasteiger partial charge in [0.15, 0.2) is 9.84 Å². The molecule has 0 aromatic heterocycles. The van der Waals surface area contributed by atoms with Gasteiger partial charge in [-0.2, -0.15) is 0 Å². The highest BCUT2D eigenvalue weighted by atomic mass is 32.2. The standard InChI is InChI=1S/C14H19F2NO2S/c1-20(18,19)13-11(15)6-5-10(12(13)16)14(9-17)7-3-2-4-8-14/h5-6H,2-4,7-9,17H2,1H3. The zero-order chi connectivity index (χ0) is 15.0. The molecule has 1 aromatic rings. The summed E-state index contributed by atoms with van der Waals surface area (Å²) in [5.74, 6) is -2.02. The van der Waals surface area contributed by atoms with Crippen LogP contribution in [0, 0.1) is 11.6 Å². The maximum Gasteiger partial charge on any atom is 0.181 e. The molecule has 1 fully saturated rings. The Labute approximate surface area is 118 Å². The van der Waals surface area contributed by atoms with Gasteiger partial charge in [-0.25, -0.2) is 17.2 Å². The zero-order valence-corrected chi connectivity index (χ0v) is 12.3. The summed E-state index contributed by atoms with van der Waals surface area (Å²) in [5.41, 5.74) is 5.49. The van der Waals surface area contributed by atoms with Gasteiger partial charge in [-0.05, 0) is 24.5 Å². The van der Waals surface area contributed by atoms with Crippen LogP contribution in [0.5, 0.6) is 0 Å². The quantitative estimate of drug-likeness (QED) is 0.933. The van der Waals surface area contributed by atoms with Crippen molar-refractivity contribution < 1.29 is 17.2 Å². The first-order valence-corrected chi connectivity index (χ1v) is 8.59. The first-order valence-electron chi connectivity index (χ1n) is 6.70. The SMILES string of the molecule is CS(=O)(=O)c1c(F)ccc(C2(CN)CCCCC2)c1F. The van der Waals surface area contributed by atoms with E-state index < -0.39 is 31.8 Å². The van der Waals surface area contributed by atoms with Crippen LogP contribution in [0.15, 0.2) is 17.0 Å². The Kier molecular flexibility index (Phi) is 4.16. The second-order valence-electron chi connectivity index (χ2n) is 5.56. The Bertz CT molecular complexity index is 608. The molecular weight excluding hydrogens is 284 g/mol. The number of hydrogen-bond donors (Lipinski definition) is 1. The molecule has 0 heterocycles. The Morgan fingerprint density at radius 2 is 1.80 bits per heavy atom. The van der Waals surface area contributed by atoms with E-state index in [4.69, 9.17) is 5.73 Å². The molecule has 0 aliphatic heterocycles. The normalized spacial score (nSPS) is 19.0. The summed E-state index contributed by atoms with van der Waals surface area (Å²) >= 11 is 0. The predicted molar refractivity (Wildman–Crippen MR) is 73.3 cm³/mol. The number of halogens is 2. The predicted octanol–water partition coefficient (Wildman–Crippen LogP) is 2.53. The Hall–Kier alpha value is -1.01. The van der Waals surface area contributed by atoms with Crippen LogP contribution in [0.25, 0.3) is 0 Å². The van der Waals surface area contributed by atoms with E-state index in [1.54, 1.807) is 0 Å².